The van der Waals surface area contributed by atoms with Gasteiger partial charge in [-0.3, -0.25) is 24.7 Å². The quantitative estimate of drug-likeness (QED) is 0.260. The van der Waals surface area contributed by atoms with Gasteiger partial charge < -0.3 is 19.8 Å². The second-order valence-electron chi connectivity index (χ2n) is 10.7. The van der Waals surface area contributed by atoms with Crippen molar-refractivity contribution in [1.29, 1.82) is 0 Å². The number of non-ortho nitro benzene ring substituents is 1. The van der Waals surface area contributed by atoms with Crippen molar-refractivity contribution in [3.63, 3.8) is 0 Å². The van der Waals surface area contributed by atoms with Crippen LogP contribution in [0.2, 0.25) is 0 Å². The number of rotatable bonds is 11. The number of carbonyl (C=O) groups excluding carboxylic acids is 2. The molecule has 2 heterocycles. The van der Waals surface area contributed by atoms with Crippen molar-refractivity contribution in [2.45, 2.75) is 50.7 Å². The van der Waals surface area contributed by atoms with Crippen LogP contribution < -0.4 is 0 Å². The topological polar surface area (TPSA) is 120 Å². The van der Waals surface area contributed by atoms with E-state index < -0.39 is 22.5 Å². The second-order valence-corrected chi connectivity index (χ2v) is 10.7. The molecule has 2 aromatic rings. The molecule has 1 saturated heterocycles. The summed E-state index contributed by atoms with van der Waals surface area (Å²) in [4.78, 5) is 45.3. The lowest BCUT2D eigenvalue weighted by Crippen LogP contribution is -2.47. The Morgan fingerprint density at radius 3 is 2.30 bits per heavy atom. The van der Waals surface area contributed by atoms with E-state index in [1.807, 2.05) is 44.2 Å². The molecule has 212 valence electrons. The summed E-state index contributed by atoms with van der Waals surface area (Å²) in [7, 11) is 1.67. The number of allylic oxidation sites excluding steroid dienone is 1. The summed E-state index contributed by atoms with van der Waals surface area (Å²) < 4.78 is 0. The predicted octanol–water partition coefficient (Wildman–Crippen LogP) is 3.67. The van der Waals surface area contributed by atoms with Gasteiger partial charge in [0.05, 0.1) is 33.9 Å². The molecule has 2 aromatic carbocycles. The molecule has 0 saturated carbocycles. The highest BCUT2D eigenvalue weighted by Gasteiger charge is 2.39. The molecular formula is C30H37N5O5. The minimum Gasteiger partial charge on any atom is -0.385 e. The zero-order valence-corrected chi connectivity index (χ0v) is 23.3. The van der Waals surface area contributed by atoms with Crippen molar-refractivity contribution < 1.29 is 19.6 Å². The molecule has 0 bridgehead atoms. The van der Waals surface area contributed by atoms with Crippen LogP contribution in [-0.4, -0.2) is 82.5 Å². The maximum atomic E-state index is 12.4. The van der Waals surface area contributed by atoms with Gasteiger partial charge in [-0.15, -0.1) is 0 Å². The molecule has 2 aliphatic heterocycles. The van der Waals surface area contributed by atoms with Crippen LogP contribution in [-0.2, 0) is 15.2 Å². The SMILES string of the molecule is CC1=NC(C)=C(N(C=O)CCCN2CCC(O)(c3ccccc3)CC2)C(c2ccc([N+](=O)[O-])cc2)C1N(C)C=O. The van der Waals surface area contributed by atoms with Crippen LogP contribution in [0.5, 0.6) is 0 Å². The molecule has 2 amide bonds. The first kappa shape index (κ1) is 29.1. The number of benzene rings is 2. The van der Waals surface area contributed by atoms with Crippen LogP contribution in [0.25, 0.3) is 0 Å². The van der Waals surface area contributed by atoms with E-state index in [2.05, 4.69) is 4.90 Å². The molecule has 10 nitrogen and oxygen atoms in total. The average Bonchev–Trinajstić information content (AvgIpc) is 2.96. The minimum atomic E-state index is -0.815. The van der Waals surface area contributed by atoms with Gasteiger partial charge in [-0.1, -0.05) is 42.5 Å². The summed E-state index contributed by atoms with van der Waals surface area (Å²) in [6.45, 7) is 6.43. The molecule has 2 atom stereocenters. The Hall–Kier alpha value is -3.89. The number of hydrogen-bond acceptors (Lipinski definition) is 7. The van der Waals surface area contributed by atoms with Crippen LogP contribution in [0, 0.1) is 10.1 Å². The number of hydrogen-bond donors (Lipinski definition) is 1. The Morgan fingerprint density at radius 1 is 1.07 bits per heavy atom. The Labute approximate surface area is 234 Å². The fourth-order valence-corrected chi connectivity index (χ4v) is 6.01. The number of nitro groups is 1. The first-order chi connectivity index (χ1) is 19.2. The number of nitrogens with zero attached hydrogens (tertiary/aromatic N) is 5. The van der Waals surface area contributed by atoms with Crippen LogP contribution in [0.15, 0.2) is 71.0 Å². The Kier molecular flexibility index (Phi) is 9.11. The molecule has 0 aliphatic carbocycles. The van der Waals surface area contributed by atoms with Gasteiger partial charge in [0.1, 0.15) is 0 Å². The Bertz CT molecular complexity index is 1270. The van der Waals surface area contributed by atoms with E-state index in [9.17, 15) is 24.8 Å². The van der Waals surface area contributed by atoms with Gasteiger partial charge >= 0.3 is 0 Å². The normalized spacial score (nSPS) is 20.9. The first-order valence-corrected chi connectivity index (χ1v) is 13.6. The van der Waals surface area contributed by atoms with Crippen molar-refractivity contribution >= 4 is 24.2 Å². The van der Waals surface area contributed by atoms with E-state index in [0.717, 1.165) is 49.3 Å². The van der Waals surface area contributed by atoms with Crippen molar-refractivity contribution in [2.75, 3.05) is 33.2 Å². The standard InChI is InChI=1S/C30H37N5O5/c1-22-28(32(3)20-36)27(24-10-12-26(13-11-24)35(39)40)29(23(2)31-22)34(21-37)17-7-16-33-18-14-30(38,15-19-33)25-8-5-4-6-9-25/h4-6,8-13,20-21,27-28,38H,7,14-19H2,1-3H3. The van der Waals surface area contributed by atoms with Crippen molar-refractivity contribution in [3.05, 3.63) is 87.2 Å². The molecule has 1 N–H and O–H groups in total. The van der Waals surface area contributed by atoms with Gasteiger partial charge in [0.2, 0.25) is 12.8 Å². The maximum absolute atomic E-state index is 12.4. The van der Waals surface area contributed by atoms with E-state index in [1.165, 1.54) is 17.0 Å². The third-order valence-electron chi connectivity index (χ3n) is 8.13. The number of aliphatic hydroxyl groups is 1. The van der Waals surface area contributed by atoms with Crippen molar-refractivity contribution in [2.24, 2.45) is 4.99 Å². The average molecular weight is 548 g/mol. The van der Waals surface area contributed by atoms with Crippen molar-refractivity contribution in [3.8, 4) is 0 Å². The molecule has 10 heteroatoms. The number of nitro benzene ring substituents is 1. The third kappa shape index (κ3) is 6.13. The minimum absolute atomic E-state index is 0.0274. The van der Waals surface area contributed by atoms with Gasteiger partial charge in [-0.05, 0) is 50.8 Å². The number of likely N-dealkylation sites (N-methyl/N-ethyl adjacent to an activating group) is 1. The van der Waals surface area contributed by atoms with E-state index >= 15 is 0 Å². The number of likely N-dealkylation sites (tertiary alicyclic amines) is 1. The highest BCUT2D eigenvalue weighted by Crippen LogP contribution is 2.39. The molecule has 4 rings (SSSR count). The lowest BCUT2D eigenvalue weighted by molar-refractivity contribution is -0.384. The molecule has 1 fully saturated rings. The number of aliphatic imine (C=N–C) groups is 1. The summed E-state index contributed by atoms with van der Waals surface area (Å²) in [6, 6.07) is 15.6. The summed E-state index contributed by atoms with van der Waals surface area (Å²) in [5, 5.41) is 22.4. The molecule has 0 radical (unpaired) electrons. The number of piperidine rings is 1. The van der Waals surface area contributed by atoms with E-state index in [-0.39, 0.29) is 5.69 Å². The van der Waals surface area contributed by atoms with E-state index in [1.54, 1.807) is 24.1 Å². The Morgan fingerprint density at radius 2 is 1.73 bits per heavy atom. The molecule has 40 heavy (non-hydrogen) atoms. The van der Waals surface area contributed by atoms with Crippen LogP contribution in [0.1, 0.15) is 50.2 Å². The third-order valence-corrected chi connectivity index (χ3v) is 8.13. The van der Waals surface area contributed by atoms with E-state index in [4.69, 9.17) is 4.99 Å². The van der Waals surface area contributed by atoms with Crippen LogP contribution >= 0.6 is 0 Å². The van der Waals surface area contributed by atoms with Gasteiger partial charge in [0.15, 0.2) is 0 Å². The van der Waals surface area contributed by atoms with Crippen LogP contribution in [0.3, 0.4) is 0 Å². The highest BCUT2D eigenvalue weighted by atomic mass is 16.6. The summed E-state index contributed by atoms with van der Waals surface area (Å²) in [5.41, 5.74) is 2.95. The predicted molar refractivity (Wildman–Crippen MR) is 153 cm³/mol. The number of carbonyl (C=O) groups is 2. The first-order valence-electron chi connectivity index (χ1n) is 13.6. The second kappa shape index (κ2) is 12.5. The largest absolute Gasteiger partial charge is 0.385 e. The monoisotopic (exact) mass is 547 g/mol. The van der Waals surface area contributed by atoms with Gasteiger partial charge in [-0.25, -0.2) is 0 Å². The van der Waals surface area contributed by atoms with Crippen LogP contribution in [0.4, 0.5) is 5.69 Å². The maximum Gasteiger partial charge on any atom is 0.269 e. The van der Waals surface area contributed by atoms with Gasteiger partial charge in [0, 0.05) is 44.5 Å². The summed E-state index contributed by atoms with van der Waals surface area (Å²) in [6.07, 6.45) is 3.54. The summed E-state index contributed by atoms with van der Waals surface area (Å²) >= 11 is 0. The van der Waals surface area contributed by atoms with Crippen molar-refractivity contribution in [1.82, 2.24) is 14.7 Å². The lowest BCUT2D eigenvalue weighted by Gasteiger charge is -2.41. The molecule has 0 spiro atoms. The zero-order chi connectivity index (χ0) is 28.9. The number of amides is 2. The highest BCUT2D eigenvalue weighted by molar-refractivity contribution is 5.92. The van der Waals surface area contributed by atoms with Gasteiger partial charge in [-0.2, -0.15) is 0 Å². The molecule has 2 unspecified atom stereocenters. The smallest absolute Gasteiger partial charge is 0.269 e. The fraction of sp³-hybridized carbons (Fsp3) is 0.433. The molecule has 2 aliphatic rings. The molecular weight excluding hydrogens is 510 g/mol. The lowest BCUT2D eigenvalue weighted by atomic mass is 9.82. The van der Waals surface area contributed by atoms with Gasteiger partial charge in [0.25, 0.3) is 5.69 Å². The fourth-order valence-electron chi connectivity index (χ4n) is 6.01. The summed E-state index contributed by atoms with van der Waals surface area (Å²) in [5.74, 6) is -0.422. The zero-order valence-electron chi connectivity index (χ0n) is 23.3. The van der Waals surface area contributed by atoms with E-state index in [0.29, 0.717) is 37.2 Å². The molecule has 0 aromatic heterocycles. The Balaban J connectivity index is 1.49.